The van der Waals surface area contributed by atoms with E-state index < -0.39 is 18.0 Å². The van der Waals surface area contributed by atoms with Gasteiger partial charge >= 0.3 is 5.97 Å². The van der Waals surface area contributed by atoms with Gasteiger partial charge in [0, 0.05) is 6.20 Å². The molecule has 5 N–H and O–H groups in total. The van der Waals surface area contributed by atoms with Gasteiger partial charge in [-0.25, -0.2) is 9.78 Å². The zero-order valence-corrected chi connectivity index (χ0v) is 9.78. The Hall–Kier alpha value is -2.61. The maximum atomic E-state index is 11.2. The van der Waals surface area contributed by atoms with E-state index in [2.05, 4.69) is 10.3 Å². The highest BCUT2D eigenvalue weighted by atomic mass is 16.4. The van der Waals surface area contributed by atoms with Crippen molar-refractivity contribution in [3.8, 4) is 0 Å². The Balaban J connectivity index is 2.34. The van der Waals surface area contributed by atoms with Gasteiger partial charge in [0.25, 0.3) is 0 Å². The normalized spacial score (nSPS) is 12.3. The maximum Gasteiger partial charge on any atom is 0.356 e. The zero-order chi connectivity index (χ0) is 14.0. The van der Waals surface area contributed by atoms with Crippen LogP contribution in [0.4, 0.5) is 5.82 Å². The van der Waals surface area contributed by atoms with E-state index in [-0.39, 0.29) is 18.1 Å². The first-order chi connectivity index (χ1) is 9.00. The number of nitrogens with two attached hydrogens (primary N) is 1. The number of aromatic carboxylic acids is 1. The molecule has 8 nitrogen and oxygen atoms in total. The standard InChI is InChI=1S/C11H12N4O4/c12-9(17)6(16)5-13-10-8(11(18)19)15-4-2-1-3-7(15)14-10/h1-4,6,13,16H,5H2,(H2,12,17)(H,18,19). The monoisotopic (exact) mass is 264 g/mol. The van der Waals surface area contributed by atoms with Crippen molar-refractivity contribution in [3.63, 3.8) is 0 Å². The number of nitrogens with zero attached hydrogens (tertiary/aromatic N) is 2. The Kier molecular flexibility index (Phi) is 3.34. The summed E-state index contributed by atoms with van der Waals surface area (Å²) in [7, 11) is 0. The summed E-state index contributed by atoms with van der Waals surface area (Å²) in [5, 5.41) is 21.0. The van der Waals surface area contributed by atoms with Crippen molar-refractivity contribution in [2.75, 3.05) is 11.9 Å². The Morgan fingerprint density at radius 3 is 2.84 bits per heavy atom. The van der Waals surface area contributed by atoms with Gasteiger partial charge in [-0.2, -0.15) is 0 Å². The highest BCUT2D eigenvalue weighted by Gasteiger charge is 2.19. The summed E-state index contributed by atoms with van der Waals surface area (Å²) in [4.78, 5) is 26.0. The summed E-state index contributed by atoms with van der Waals surface area (Å²) in [6, 6.07) is 5.03. The Bertz CT molecular complexity index is 637. The summed E-state index contributed by atoms with van der Waals surface area (Å²) in [5.74, 6) is -2.00. The number of amides is 1. The van der Waals surface area contributed by atoms with Crippen LogP contribution in [0.25, 0.3) is 5.65 Å². The van der Waals surface area contributed by atoms with Gasteiger partial charge < -0.3 is 21.3 Å². The lowest BCUT2D eigenvalue weighted by molar-refractivity contribution is -0.125. The predicted molar refractivity (Wildman–Crippen MR) is 65.8 cm³/mol. The summed E-state index contributed by atoms with van der Waals surface area (Å²) in [6.07, 6.45) is 0.146. The molecule has 19 heavy (non-hydrogen) atoms. The lowest BCUT2D eigenvalue weighted by Gasteiger charge is -2.07. The van der Waals surface area contributed by atoms with E-state index in [9.17, 15) is 19.8 Å². The third-order valence-electron chi connectivity index (χ3n) is 2.52. The molecule has 2 heterocycles. The molecule has 0 bridgehead atoms. The molecule has 0 radical (unpaired) electrons. The molecule has 0 spiro atoms. The van der Waals surface area contributed by atoms with Crippen LogP contribution in [-0.4, -0.2) is 44.1 Å². The number of fused-ring (bicyclic) bond motifs is 1. The fraction of sp³-hybridized carbons (Fsp3) is 0.182. The largest absolute Gasteiger partial charge is 0.476 e. The van der Waals surface area contributed by atoms with Crippen molar-refractivity contribution in [1.82, 2.24) is 9.38 Å². The molecule has 0 aliphatic rings. The second-order valence-corrected chi connectivity index (χ2v) is 3.84. The summed E-state index contributed by atoms with van der Waals surface area (Å²) >= 11 is 0. The van der Waals surface area contributed by atoms with Crippen LogP contribution in [0, 0.1) is 0 Å². The highest BCUT2D eigenvalue weighted by molar-refractivity contribution is 5.93. The molecule has 0 saturated heterocycles. The minimum absolute atomic E-state index is 0.0685. The minimum Gasteiger partial charge on any atom is -0.476 e. The molecule has 100 valence electrons. The van der Waals surface area contributed by atoms with E-state index in [1.165, 1.54) is 4.40 Å². The maximum absolute atomic E-state index is 11.2. The second kappa shape index (κ2) is 4.94. The first kappa shape index (κ1) is 12.8. The van der Waals surface area contributed by atoms with Gasteiger partial charge in [-0.3, -0.25) is 9.20 Å². The highest BCUT2D eigenvalue weighted by Crippen LogP contribution is 2.17. The van der Waals surface area contributed by atoms with E-state index >= 15 is 0 Å². The molecule has 0 aliphatic carbocycles. The molecule has 1 atom stereocenters. The third-order valence-corrected chi connectivity index (χ3v) is 2.52. The molecule has 0 aliphatic heterocycles. The molecule has 0 aromatic carbocycles. The van der Waals surface area contributed by atoms with Crippen LogP contribution >= 0.6 is 0 Å². The molecule has 1 amide bonds. The average Bonchev–Trinajstić information content (AvgIpc) is 2.73. The number of hydrogen-bond acceptors (Lipinski definition) is 5. The second-order valence-electron chi connectivity index (χ2n) is 3.84. The van der Waals surface area contributed by atoms with Gasteiger partial charge in [-0.1, -0.05) is 6.07 Å². The number of aliphatic hydroxyl groups is 1. The van der Waals surface area contributed by atoms with Crippen LogP contribution in [0.3, 0.4) is 0 Å². The van der Waals surface area contributed by atoms with Crippen LogP contribution < -0.4 is 11.1 Å². The van der Waals surface area contributed by atoms with Gasteiger partial charge in [0.05, 0.1) is 6.54 Å². The quantitative estimate of drug-likeness (QED) is 0.564. The van der Waals surface area contributed by atoms with E-state index in [4.69, 9.17) is 5.73 Å². The van der Waals surface area contributed by atoms with E-state index in [1.54, 1.807) is 24.4 Å². The number of aromatic nitrogens is 2. The lowest BCUT2D eigenvalue weighted by atomic mass is 10.3. The van der Waals surface area contributed by atoms with Crippen molar-refractivity contribution >= 4 is 23.3 Å². The number of carboxylic acids is 1. The van der Waals surface area contributed by atoms with Crippen LogP contribution in [-0.2, 0) is 4.79 Å². The topological polar surface area (TPSA) is 130 Å². The third kappa shape index (κ3) is 2.47. The van der Waals surface area contributed by atoms with Crippen LogP contribution in [0.15, 0.2) is 24.4 Å². The van der Waals surface area contributed by atoms with E-state index in [0.29, 0.717) is 5.65 Å². The molecule has 0 saturated carbocycles. The van der Waals surface area contributed by atoms with Crippen molar-refractivity contribution in [3.05, 3.63) is 30.1 Å². The van der Waals surface area contributed by atoms with E-state index in [0.717, 1.165) is 0 Å². The Morgan fingerprint density at radius 1 is 1.47 bits per heavy atom. The number of hydrogen-bond donors (Lipinski definition) is 4. The fourth-order valence-electron chi connectivity index (χ4n) is 1.62. The lowest BCUT2D eigenvalue weighted by Crippen LogP contribution is -2.34. The van der Waals surface area contributed by atoms with Crippen molar-refractivity contribution in [2.45, 2.75) is 6.10 Å². The van der Waals surface area contributed by atoms with Crippen molar-refractivity contribution in [1.29, 1.82) is 0 Å². The van der Waals surface area contributed by atoms with Crippen molar-refractivity contribution < 1.29 is 19.8 Å². The molecular formula is C11H12N4O4. The molecule has 2 aromatic heterocycles. The van der Waals surface area contributed by atoms with Gasteiger partial charge in [0.15, 0.2) is 11.5 Å². The summed E-state index contributed by atoms with van der Waals surface area (Å²) < 4.78 is 1.39. The van der Waals surface area contributed by atoms with E-state index in [1.807, 2.05) is 0 Å². The van der Waals surface area contributed by atoms with Gasteiger partial charge in [-0.15, -0.1) is 0 Å². The Labute approximate surface area is 107 Å². The van der Waals surface area contributed by atoms with Crippen LogP contribution in [0.5, 0.6) is 0 Å². The number of primary amides is 1. The Morgan fingerprint density at radius 2 is 2.21 bits per heavy atom. The number of pyridine rings is 1. The minimum atomic E-state index is -1.41. The molecular weight excluding hydrogens is 252 g/mol. The molecule has 0 fully saturated rings. The number of carbonyl (C=O) groups excluding carboxylic acids is 1. The molecule has 2 aromatic rings. The fourth-order valence-corrected chi connectivity index (χ4v) is 1.62. The smallest absolute Gasteiger partial charge is 0.356 e. The number of nitrogens with one attached hydrogen (secondary N) is 1. The van der Waals surface area contributed by atoms with Crippen LogP contribution in [0.2, 0.25) is 0 Å². The first-order valence-electron chi connectivity index (χ1n) is 5.42. The number of aliphatic hydroxyl groups excluding tert-OH is 1. The SMILES string of the molecule is NC(=O)C(O)CNc1nc2ccccn2c1C(=O)O. The van der Waals surface area contributed by atoms with Gasteiger partial charge in [0.2, 0.25) is 5.91 Å². The molecule has 1 unspecified atom stereocenters. The number of carboxylic acid groups (broad SMARTS) is 1. The molecule has 2 rings (SSSR count). The average molecular weight is 264 g/mol. The van der Waals surface area contributed by atoms with Gasteiger partial charge in [0.1, 0.15) is 11.8 Å². The zero-order valence-electron chi connectivity index (χ0n) is 9.78. The number of rotatable bonds is 5. The van der Waals surface area contributed by atoms with Crippen molar-refractivity contribution in [2.24, 2.45) is 5.73 Å². The number of imidazole rings is 1. The number of carbonyl (C=O) groups is 2. The first-order valence-corrected chi connectivity index (χ1v) is 5.42. The van der Waals surface area contributed by atoms with Crippen LogP contribution in [0.1, 0.15) is 10.5 Å². The van der Waals surface area contributed by atoms with Gasteiger partial charge in [-0.05, 0) is 12.1 Å². The predicted octanol–water partition coefficient (Wildman–Crippen LogP) is -0.709. The number of anilines is 1. The summed E-state index contributed by atoms with van der Waals surface area (Å²) in [6.45, 7) is -0.209. The molecule has 8 heteroatoms. The summed E-state index contributed by atoms with van der Waals surface area (Å²) in [5.41, 5.74) is 5.27.